The van der Waals surface area contributed by atoms with Crippen molar-refractivity contribution < 1.29 is 17.9 Å². The zero-order valence-electron chi connectivity index (χ0n) is 15.7. The van der Waals surface area contributed by atoms with Gasteiger partial charge in [0, 0.05) is 11.6 Å². The number of hydrogen-bond acceptors (Lipinski definition) is 4. The molecule has 0 saturated heterocycles. The van der Waals surface area contributed by atoms with E-state index in [2.05, 4.69) is 23.9 Å². The van der Waals surface area contributed by atoms with E-state index in [0.29, 0.717) is 22.9 Å². The summed E-state index contributed by atoms with van der Waals surface area (Å²) in [7, 11) is -2.15. The van der Waals surface area contributed by atoms with Crippen LogP contribution < -0.4 is 14.8 Å². The topological polar surface area (TPSA) is 84.5 Å². The van der Waals surface area contributed by atoms with Crippen LogP contribution in [0.15, 0.2) is 47.4 Å². The fraction of sp³-hybridized carbons (Fsp3) is 0.350. The highest BCUT2D eigenvalue weighted by atomic mass is 32.2. The number of anilines is 1. The molecule has 1 aliphatic rings. The van der Waals surface area contributed by atoms with Gasteiger partial charge in [0.2, 0.25) is 10.0 Å². The summed E-state index contributed by atoms with van der Waals surface area (Å²) >= 11 is 0. The maximum Gasteiger partial charge on any atom is 0.255 e. The van der Waals surface area contributed by atoms with E-state index >= 15 is 0 Å². The highest BCUT2D eigenvalue weighted by Gasteiger charge is 2.28. The predicted octanol–water partition coefficient (Wildman–Crippen LogP) is 3.51. The van der Waals surface area contributed by atoms with Crippen LogP contribution in [0.25, 0.3) is 0 Å². The number of amides is 1. The van der Waals surface area contributed by atoms with E-state index in [9.17, 15) is 13.2 Å². The van der Waals surface area contributed by atoms with Gasteiger partial charge in [0.05, 0.1) is 17.7 Å². The van der Waals surface area contributed by atoms with Gasteiger partial charge >= 0.3 is 0 Å². The molecule has 0 unspecified atom stereocenters. The first-order valence-electron chi connectivity index (χ1n) is 8.92. The van der Waals surface area contributed by atoms with Crippen LogP contribution >= 0.6 is 0 Å². The molecule has 1 aliphatic carbocycles. The lowest BCUT2D eigenvalue weighted by molar-refractivity contribution is 0.102. The van der Waals surface area contributed by atoms with Crippen LogP contribution in [0, 0.1) is 0 Å². The van der Waals surface area contributed by atoms with Crippen molar-refractivity contribution in [2.45, 2.75) is 43.5 Å². The zero-order valence-corrected chi connectivity index (χ0v) is 16.5. The van der Waals surface area contributed by atoms with Gasteiger partial charge in [-0.05, 0) is 54.7 Å². The second kappa shape index (κ2) is 7.70. The Morgan fingerprint density at radius 2 is 1.78 bits per heavy atom. The summed E-state index contributed by atoms with van der Waals surface area (Å²) in [5.74, 6) is 0.448. The number of rotatable bonds is 7. The smallest absolute Gasteiger partial charge is 0.255 e. The van der Waals surface area contributed by atoms with Crippen LogP contribution in [0.2, 0.25) is 0 Å². The van der Waals surface area contributed by atoms with Gasteiger partial charge in [0.1, 0.15) is 5.75 Å². The Labute approximate surface area is 160 Å². The summed E-state index contributed by atoms with van der Waals surface area (Å²) in [6, 6.07) is 11.8. The van der Waals surface area contributed by atoms with Crippen LogP contribution in [-0.2, 0) is 10.0 Å². The zero-order chi connectivity index (χ0) is 19.6. The molecule has 3 rings (SSSR count). The molecule has 6 nitrogen and oxygen atoms in total. The third-order valence-electron chi connectivity index (χ3n) is 4.47. The Morgan fingerprint density at radius 1 is 1.11 bits per heavy atom. The van der Waals surface area contributed by atoms with Crippen molar-refractivity contribution in [1.82, 2.24) is 4.72 Å². The van der Waals surface area contributed by atoms with Gasteiger partial charge in [-0.25, -0.2) is 13.1 Å². The fourth-order valence-corrected chi connectivity index (χ4v) is 3.99. The first-order valence-corrected chi connectivity index (χ1v) is 10.4. The molecular weight excluding hydrogens is 364 g/mol. The van der Waals surface area contributed by atoms with E-state index in [0.717, 1.165) is 18.4 Å². The molecule has 0 radical (unpaired) electrons. The van der Waals surface area contributed by atoms with E-state index in [1.54, 1.807) is 18.2 Å². The van der Waals surface area contributed by atoms with Crippen molar-refractivity contribution >= 4 is 21.6 Å². The number of benzene rings is 2. The average molecular weight is 388 g/mol. The summed E-state index contributed by atoms with van der Waals surface area (Å²) in [5, 5.41) is 2.75. The number of hydrogen-bond donors (Lipinski definition) is 2. The lowest BCUT2D eigenvalue weighted by Crippen LogP contribution is -2.25. The van der Waals surface area contributed by atoms with Gasteiger partial charge in [-0.15, -0.1) is 0 Å². The van der Waals surface area contributed by atoms with Crippen molar-refractivity contribution in [2.75, 3.05) is 12.4 Å². The van der Waals surface area contributed by atoms with Crippen molar-refractivity contribution in [1.29, 1.82) is 0 Å². The molecule has 144 valence electrons. The van der Waals surface area contributed by atoms with Crippen molar-refractivity contribution in [3.05, 3.63) is 53.6 Å². The first kappa shape index (κ1) is 19.4. The molecule has 2 aromatic rings. The molecule has 0 aliphatic heterocycles. The van der Waals surface area contributed by atoms with E-state index in [4.69, 9.17) is 4.74 Å². The fourth-order valence-electron chi connectivity index (χ4n) is 2.65. The molecule has 1 fully saturated rings. The normalized spacial score (nSPS) is 14.2. The largest absolute Gasteiger partial charge is 0.495 e. The molecule has 1 amide bonds. The minimum atomic E-state index is -3.62. The van der Waals surface area contributed by atoms with Gasteiger partial charge in [-0.2, -0.15) is 0 Å². The molecule has 0 aromatic heterocycles. The van der Waals surface area contributed by atoms with Crippen LogP contribution in [0.3, 0.4) is 0 Å². The molecule has 0 bridgehead atoms. The van der Waals surface area contributed by atoms with E-state index in [-0.39, 0.29) is 16.8 Å². The lowest BCUT2D eigenvalue weighted by atomic mass is 10.0. The SMILES string of the molecule is COc1ccc(S(=O)(=O)NC2CC2)cc1NC(=O)c1ccc(C(C)C)cc1. The van der Waals surface area contributed by atoms with Gasteiger partial charge < -0.3 is 10.1 Å². The van der Waals surface area contributed by atoms with Crippen LogP contribution in [-0.4, -0.2) is 27.5 Å². The van der Waals surface area contributed by atoms with Crippen molar-refractivity contribution in [2.24, 2.45) is 0 Å². The standard InChI is InChI=1S/C20H24N2O4S/c1-13(2)14-4-6-15(7-5-14)20(23)21-18-12-17(10-11-19(18)26-3)27(24,25)22-16-8-9-16/h4-7,10-13,16,22H,8-9H2,1-3H3,(H,21,23). The summed E-state index contributed by atoms with van der Waals surface area (Å²) < 4.78 is 32.7. The predicted molar refractivity (Wildman–Crippen MR) is 105 cm³/mol. The maximum absolute atomic E-state index is 12.6. The molecule has 27 heavy (non-hydrogen) atoms. The number of methoxy groups -OCH3 is 1. The van der Waals surface area contributed by atoms with Crippen molar-refractivity contribution in [3.8, 4) is 5.75 Å². The Bertz CT molecular complexity index is 933. The number of sulfonamides is 1. The molecule has 1 saturated carbocycles. The van der Waals surface area contributed by atoms with Crippen LogP contribution in [0.1, 0.15) is 48.5 Å². The molecule has 0 spiro atoms. The maximum atomic E-state index is 12.6. The van der Waals surface area contributed by atoms with E-state index < -0.39 is 10.0 Å². The van der Waals surface area contributed by atoms with E-state index in [1.807, 2.05) is 12.1 Å². The average Bonchev–Trinajstić information content (AvgIpc) is 3.45. The lowest BCUT2D eigenvalue weighted by Gasteiger charge is -2.13. The number of carbonyl (C=O) groups is 1. The van der Waals surface area contributed by atoms with Crippen molar-refractivity contribution in [3.63, 3.8) is 0 Å². The molecule has 2 N–H and O–H groups in total. The van der Waals surface area contributed by atoms with Gasteiger partial charge in [0.25, 0.3) is 5.91 Å². The van der Waals surface area contributed by atoms with Gasteiger partial charge in [-0.1, -0.05) is 26.0 Å². The minimum absolute atomic E-state index is 0.00890. The molecular formula is C20H24N2O4S. The quantitative estimate of drug-likeness (QED) is 0.760. The molecule has 7 heteroatoms. The summed E-state index contributed by atoms with van der Waals surface area (Å²) in [6.45, 7) is 4.17. The number of nitrogens with one attached hydrogen (secondary N) is 2. The van der Waals surface area contributed by atoms with E-state index in [1.165, 1.54) is 19.2 Å². The number of ether oxygens (including phenoxy) is 1. The summed E-state index contributed by atoms with van der Waals surface area (Å²) in [6.07, 6.45) is 1.71. The Balaban J connectivity index is 1.83. The third-order valence-corrected chi connectivity index (χ3v) is 5.99. The van der Waals surface area contributed by atoms with Crippen LogP contribution in [0.4, 0.5) is 5.69 Å². The first-order chi connectivity index (χ1) is 12.8. The Morgan fingerprint density at radius 3 is 2.33 bits per heavy atom. The monoisotopic (exact) mass is 388 g/mol. The second-order valence-electron chi connectivity index (χ2n) is 6.99. The van der Waals surface area contributed by atoms with Gasteiger partial charge in [-0.3, -0.25) is 4.79 Å². The number of carbonyl (C=O) groups excluding carboxylic acids is 1. The molecule has 0 heterocycles. The van der Waals surface area contributed by atoms with Gasteiger partial charge in [0.15, 0.2) is 0 Å². The second-order valence-corrected chi connectivity index (χ2v) is 8.70. The Hall–Kier alpha value is -2.38. The summed E-state index contributed by atoms with van der Waals surface area (Å²) in [4.78, 5) is 12.7. The summed E-state index contributed by atoms with van der Waals surface area (Å²) in [5.41, 5.74) is 1.95. The molecule has 2 aromatic carbocycles. The third kappa shape index (κ3) is 4.67. The highest BCUT2D eigenvalue weighted by molar-refractivity contribution is 7.89. The Kier molecular flexibility index (Phi) is 5.53. The van der Waals surface area contributed by atoms with Crippen LogP contribution in [0.5, 0.6) is 5.75 Å². The highest BCUT2D eigenvalue weighted by Crippen LogP contribution is 2.29. The molecule has 0 atom stereocenters. The minimum Gasteiger partial charge on any atom is -0.495 e.